The van der Waals surface area contributed by atoms with E-state index in [9.17, 15) is 14.0 Å². The maximum atomic E-state index is 13.2. The molecule has 4 nitrogen and oxygen atoms in total. The first-order valence-electron chi connectivity index (χ1n) is 4.38. The third-order valence-electron chi connectivity index (χ3n) is 1.97. The highest BCUT2D eigenvalue weighted by atomic mass is 19.1. The van der Waals surface area contributed by atoms with Crippen molar-refractivity contribution >= 4 is 11.8 Å². The topological polar surface area (TPSA) is 67.2 Å². The van der Waals surface area contributed by atoms with Crippen LogP contribution in [0, 0.1) is 23.1 Å². The van der Waals surface area contributed by atoms with Gasteiger partial charge in [0.2, 0.25) is 5.92 Å². The van der Waals surface area contributed by atoms with Crippen LogP contribution in [0.3, 0.4) is 0 Å². The highest BCUT2D eigenvalue weighted by molar-refractivity contribution is 6.10. The van der Waals surface area contributed by atoms with Gasteiger partial charge in [0.25, 0.3) is 0 Å². The number of benzene rings is 1. The summed E-state index contributed by atoms with van der Waals surface area (Å²) < 4.78 is 17.5. The van der Waals surface area contributed by atoms with Gasteiger partial charge in [-0.05, 0) is 12.1 Å². The van der Waals surface area contributed by atoms with Gasteiger partial charge in [-0.3, -0.25) is 9.59 Å². The van der Waals surface area contributed by atoms with Crippen molar-refractivity contribution in [3.05, 3.63) is 35.6 Å². The largest absolute Gasteiger partial charge is 0.468 e. The van der Waals surface area contributed by atoms with E-state index in [-0.39, 0.29) is 5.56 Å². The number of hydrogen-bond acceptors (Lipinski definition) is 4. The van der Waals surface area contributed by atoms with Gasteiger partial charge >= 0.3 is 5.97 Å². The zero-order valence-corrected chi connectivity index (χ0v) is 8.44. The summed E-state index contributed by atoms with van der Waals surface area (Å²) in [5.41, 5.74) is -0.292. The maximum Gasteiger partial charge on any atom is 0.331 e. The van der Waals surface area contributed by atoms with Gasteiger partial charge in [-0.25, -0.2) is 4.39 Å². The molecule has 0 aromatic heterocycles. The highest BCUT2D eigenvalue weighted by Crippen LogP contribution is 2.13. The molecular formula is C11H8FNO3. The van der Waals surface area contributed by atoms with Gasteiger partial charge < -0.3 is 4.74 Å². The van der Waals surface area contributed by atoms with Crippen LogP contribution < -0.4 is 0 Å². The second-order valence-electron chi connectivity index (χ2n) is 2.93. The number of esters is 1. The molecule has 0 saturated carbocycles. The molecule has 16 heavy (non-hydrogen) atoms. The number of ketones is 1. The van der Waals surface area contributed by atoms with Crippen LogP contribution in [0.25, 0.3) is 0 Å². The van der Waals surface area contributed by atoms with Gasteiger partial charge in [-0.2, -0.15) is 5.26 Å². The first kappa shape index (κ1) is 11.9. The van der Waals surface area contributed by atoms with Gasteiger partial charge in [-0.15, -0.1) is 0 Å². The number of carbonyl (C=O) groups is 2. The molecule has 0 unspecified atom stereocenters. The Morgan fingerprint density at radius 3 is 2.56 bits per heavy atom. The molecule has 1 atom stereocenters. The molecule has 0 amide bonds. The third kappa shape index (κ3) is 2.23. The van der Waals surface area contributed by atoms with Crippen LogP contribution in [-0.4, -0.2) is 18.9 Å². The number of rotatable bonds is 3. The Labute approximate surface area is 91.3 Å². The SMILES string of the molecule is COC(=O)[C@@H](C#N)C(=O)c1ccccc1F. The minimum Gasteiger partial charge on any atom is -0.468 e. The molecular weight excluding hydrogens is 213 g/mol. The van der Waals surface area contributed by atoms with Crippen molar-refractivity contribution < 1.29 is 18.7 Å². The molecule has 0 aliphatic heterocycles. The van der Waals surface area contributed by atoms with Gasteiger partial charge in [0.15, 0.2) is 5.78 Å². The van der Waals surface area contributed by atoms with E-state index >= 15 is 0 Å². The van der Waals surface area contributed by atoms with Gasteiger partial charge in [-0.1, -0.05) is 12.1 Å². The predicted molar refractivity (Wildman–Crippen MR) is 51.8 cm³/mol. The summed E-state index contributed by atoms with van der Waals surface area (Å²) in [6.45, 7) is 0. The van der Waals surface area contributed by atoms with Crippen LogP contribution in [-0.2, 0) is 9.53 Å². The van der Waals surface area contributed by atoms with Crippen LogP contribution in [0.2, 0.25) is 0 Å². The average Bonchev–Trinajstić information content (AvgIpc) is 2.30. The van der Waals surface area contributed by atoms with Crippen LogP contribution in [0.5, 0.6) is 0 Å². The van der Waals surface area contributed by atoms with Crippen LogP contribution in [0.4, 0.5) is 4.39 Å². The number of nitriles is 1. The Bertz CT molecular complexity index is 465. The number of hydrogen-bond donors (Lipinski definition) is 0. The number of carbonyl (C=O) groups excluding carboxylic acids is 2. The van der Waals surface area contributed by atoms with E-state index in [2.05, 4.69) is 4.74 Å². The van der Waals surface area contributed by atoms with E-state index in [1.54, 1.807) is 0 Å². The molecule has 0 radical (unpaired) electrons. The lowest BCUT2D eigenvalue weighted by molar-refractivity contribution is -0.141. The molecule has 0 aliphatic rings. The summed E-state index contributed by atoms with van der Waals surface area (Å²) in [5, 5.41) is 8.66. The van der Waals surface area contributed by atoms with E-state index < -0.39 is 23.5 Å². The van der Waals surface area contributed by atoms with E-state index in [1.165, 1.54) is 24.3 Å². The number of ether oxygens (including phenoxy) is 1. The van der Waals surface area contributed by atoms with Gasteiger partial charge in [0.1, 0.15) is 5.82 Å². The van der Waals surface area contributed by atoms with Crippen molar-refractivity contribution in [2.75, 3.05) is 7.11 Å². The van der Waals surface area contributed by atoms with E-state index in [1.807, 2.05) is 0 Å². The lowest BCUT2D eigenvalue weighted by atomic mass is 9.99. The Kier molecular flexibility index (Phi) is 3.72. The minimum absolute atomic E-state index is 0.292. The Morgan fingerprint density at radius 1 is 1.44 bits per heavy atom. The second kappa shape index (κ2) is 5.03. The van der Waals surface area contributed by atoms with Gasteiger partial charge in [0, 0.05) is 0 Å². The van der Waals surface area contributed by atoms with Crippen LogP contribution in [0.15, 0.2) is 24.3 Å². The molecule has 5 heteroatoms. The van der Waals surface area contributed by atoms with E-state index in [0.717, 1.165) is 13.2 Å². The molecule has 0 aliphatic carbocycles. The Hall–Kier alpha value is -2.22. The fourth-order valence-corrected chi connectivity index (χ4v) is 1.15. The monoisotopic (exact) mass is 221 g/mol. The first-order chi connectivity index (χ1) is 7.61. The second-order valence-corrected chi connectivity index (χ2v) is 2.93. The molecule has 1 aromatic rings. The van der Waals surface area contributed by atoms with Crippen LogP contribution >= 0.6 is 0 Å². The fraction of sp³-hybridized carbons (Fsp3) is 0.182. The fourth-order valence-electron chi connectivity index (χ4n) is 1.15. The molecule has 0 bridgehead atoms. The lowest BCUT2D eigenvalue weighted by Crippen LogP contribution is -2.24. The minimum atomic E-state index is -1.62. The Balaban J connectivity index is 3.07. The van der Waals surface area contributed by atoms with E-state index in [4.69, 9.17) is 5.26 Å². The zero-order valence-electron chi connectivity index (χ0n) is 8.44. The summed E-state index contributed by atoms with van der Waals surface area (Å²) in [5.74, 6) is -4.28. The smallest absolute Gasteiger partial charge is 0.331 e. The molecule has 0 heterocycles. The summed E-state index contributed by atoms with van der Waals surface area (Å²) in [7, 11) is 1.06. The number of halogens is 1. The summed E-state index contributed by atoms with van der Waals surface area (Å²) in [4.78, 5) is 22.7. The Morgan fingerprint density at radius 2 is 2.06 bits per heavy atom. The summed E-state index contributed by atoms with van der Waals surface area (Å²) >= 11 is 0. The number of Topliss-reactive ketones (excluding diaryl/α,β-unsaturated/α-hetero) is 1. The van der Waals surface area contributed by atoms with Crippen LogP contribution in [0.1, 0.15) is 10.4 Å². The molecule has 1 rings (SSSR count). The summed E-state index contributed by atoms with van der Waals surface area (Å²) in [6, 6.07) is 6.64. The summed E-state index contributed by atoms with van der Waals surface area (Å²) in [6.07, 6.45) is 0. The first-order valence-corrected chi connectivity index (χ1v) is 4.38. The van der Waals surface area contributed by atoms with E-state index in [0.29, 0.717) is 0 Å². The number of nitrogens with zero attached hydrogens (tertiary/aromatic N) is 1. The average molecular weight is 221 g/mol. The normalized spacial score (nSPS) is 11.3. The van der Waals surface area contributed by atoms with Crippen molar-refractivity contribution in [2.45, 2.75) is 0 Å². The molecule has 0 fully saturated rings. The number of methoxy groups -OCH3 is 1. The highest BCUT2D eigenvalue weighted by Gasteiger charge is 2.29. The van der Waals surface area contributed by atoms with Crippen molar-refractivity contribution in [3.63, 3.8) is 0 Å². The third-order valence-corrected chi connectivity index (χ3v) is 1.97. The molecule has 0 spiro atoms. The molecule has 82 valence electrons. The molecule has 0 saturated heterocycles. The van der Waals surface area contributed by atoms with Crippen molar-refractivity contribution in [3.8, 4) is 6.07 Å². The standard InChI is InChI=1S/C11H8FNO3/c1-16-11(15)8(6-13)10(14)7-4-2-3-5-9(7)12/h2-5,8H,1H3/t8-/m0/s1. The van der Waals surface area contributed by atoms with Crippen molar-refractivity contribution in [1.29, 1.82) is 5.26 Å². The maximum absolute atomic E-state index is 13.2. The van der Waals surface area contributed by atoms with Crippen molar-refractivity contribution in [2.24, 2.45) is 5.92 Å². The van der Waals surface area contributed by atoms with Gasteiger partial charge in [0.05, 0.1) is 18.7 Å². The molecule has 1 aromatic carbocycles. The predicted octanol–water partition coefficient (Wildman–Crippen LogP) is 1.32. The quantitative estimate of drug-likeness (QED) is 0.438. The van der Waals surface area contributed by atoms with Crippen molar-refractivity contribution in [1.82, 2.24) is 0 Å². The molecule has 0 N–H and O–H groups in total. The zero-order chi connectivity index (χ0) is 12.1. The lowest BCUT2D eigenvalue weighted by Gasteiger charge is -2.06.